The quantitative estimate of drug-likeness (QED) is 0.751. The molecule has 1 N–H and O–H groups in total. The van der Waals surface area contributed by atoms with Gasteiger partial charge in [-0.05, 0) is 19.3 Å². The minimum Gasteiger partial charge on any atom is -0.377 e. The van der Waals surface area contributed by atoms with Gasteiger partial charge in [0.1, 0.15) is 0 Å². The Morgan fingerprint density at radius 1 is 1.60 bits per heavy atom. The van der Waals surface area contributed by atoms with Gasteiger partial charge in [0.2, 0.25) is 10.0 Å². The van der Waals surface area contributed by atoms with E-state index in [-0.39, 0.29) is 17.9 Å². The van der Waals surface area contributed by atoms with E-state index >= 15 is 0 Å². The maximum absolute atomic E-state index is 11.7. The number of alkyl halides is 1. The zero-order valence-corrected chi connectivity index (χ0v) is 11.3. The van der Waals surface area contributed by atoms with E-state index in [1.165, 1.54) is 0 Å². The lowest BCUT2D eigenvalue weighted by atomic mass is 10.3. The van der Waals surface area contributed by atoms with Crippen LogP contribution in [0.2, 0.25) is 0 Å². The normalized spacial score (nSPS) is 24.3. The Morgan fingerprint density at radius 3 is 2.80 bits per heavy atom. The van der Waals surface area contributed by atoms with Crippen molar-refractivity contribution in [2.45, 2.75) is 38.3 Å². The summed E-state index contributed by atoms with van der Waals surface area (Å²) < 4.78 is 31.4. The van der Waals surface area contributed by atoms with Crippen molar-refractivity contribution in [2.75, 3.05) is 17.7 Å². The van der Waals surface area contributed by atoms with Gasteiger partial charge in [0.05, 0.1) is 11.9 Å². The van der Waals surface area contributed by atoms with Crippen molar-refractivity contribution in [3.05, 3.63) is 0 Å². The molecule has 0 spiro atoms. The van der Waals surface area contributed by atoms with Crippen LogP contribution in [-0.4, -0.2) is 38.3 Å². The second-order valence-corrected chi connectivity index (χ2v) is 6.24. The first kappa shape index (κ1) is 13.4. The van der Waals surface area contributed by atoms with E-state index < -0.39 is 10.0 Å². The van der Waals surface area contributed by atoms with Gasteiger partial charge < -0.3 is 4.74 Å². The van der Waals surface area contributed by atoms with Crippen molar-refractivity contribution in [3.8, 4) is 0 Å². The molecular weight excluding hydrogens is 282 g/mol. The molecule has 1 rings (SSSR count). The van der Waals surface area contributed by atoms with E-state index in [2.05, 4.69) is 20.7 Å². The van der Waals surface area contributed by atoms with Crippen molar-refractivity contribution >= 4 is 26.0 Å². The zero-order chi connectivity index (χ0) is 11.3. The highest BCUT2D eigenvalue weighted by Gasteiger charge is 2.24. The molecule has 0 aromatic heterocycles. The highest BCUT2D eigenvalue weighted by Crippen LogP contribution is 2.14. The number of ether oxygens (including phenoxy) is 1. The summed E-state index contributed by atoms with van der Waals surface area (Å²) in [6.07, 6.45) is 2.49. The summed E-state index contributed by atoms with van der Waals surface area (Å²) in [5, 5.41) is 0.647. The van der Waals surface area contributed by atoms with Gasteiger partial charge in [0.25, 0.3) is 0 Å². The Morgan fingerprint density at radius 2 is 2.33 bits per heavy atom. The van der Waals surface area contributed by atoms with Crippen LogP contribution < -0.4 is 4.72 Å². The van der Waals surface area contributed by atoms with E-state index in [4.69, 9.17) is 4.74 Å². The molecule has 2 unspecified atom stereocenters. The summed E-state index contributed by atoms with van der Waals surface area (Å²) in [4.78, 5) is 0. The molecule has 0 aromatic rings. The Labute approximate surface area is 99.9 Å². The first-order valence-electron chi connectivity index (χ1n) is 5.25. The van der Waals surface area contributed by atoms with Crippen molar-refractivity contribution in [1.82, 2.24) is 4.72 Å². The lowest BCUT2D eigenvalue weighted by Gasteiger charge is -2.16. The molecule has 1 fully saturated rings. The van der Waals surface area contributed by atoms with Gasteiger partial charge in [-0.15, -0.1) is 0 Å². The summed E-state index contributed by atoms with van der Waals surface area (Å²) in [6, 6.07) is -0.0172. The molecule has 1 saturated heterocycles. The molecule has 4 nitrogen and oxygen atoms in total. The van der Waals surface area contributed by atoms with Gasteiger partial charge >= 0.3 is 0 Å². The third kappa shape index (κ3) is 4.80. The summed E-state index contributed by atoms with van der Waals surface area (Å²) in [6.45, 7) is 2.65. The monoisotopic (exact) mass is 299 g/mol. The largest absolute Gasteiger partial charge is 0.377 e. The van der Waals surface area contributed by atoms with Crippen molar-refractivity contribution < 1.29 is 13.2 Å². The molecule has 2 atom stereocenters. The van der Waals surface area contributed by atoms with Gasteiger partial charge in [0.15, 0.2) is 0 Å². The van der Waals surface area contributed by atoms with E-state index in [1.54, 1.807) is 0 Å². The molecule has 1 heterocycles. The van der Waals surface area contributed by atoms with Gasteiger partial charge in [-0.3, -0.25) is 0 Å². The predicted octanol–water partition coefficient (Wildman–Crippen LogP) is 1.26. The highest BCUT2D eigenvalue weighted by molar-refractivity contribution is 9.09. The average Bonchev–Trinajstić information content (AvgIpc) is 2.66. The molecule has 90 valence electrons. The predicted molar refractivity (Wildman–Crippen MR) is 63.8 cm³/mol. The number of sulfonamides is 1. The second kappa shape index (κ2) is 6.18. The molecular formula is C9H18BrNO3S. The van der Waals surface area contributed by atoms with Crippen LogP contribution in [-0.2, 0) is 14.8 Å². The highest BCUT2D eigenvalue weighted by atomic mass is 79.9. The van der Waals surface area contributed by atoms with Crippen LogP contribution in [0, 0.1) is 0 Å². The smallest absolute Gasteiger partial charge is 0.214 e. The van der Waals surface area contributed by atoms with Crippen LogP contribution in [0.15, 0.2) is 0 Å². The molecule has 0 radical (unpaired) electrons. The fraction of sp³-hybridized carbons (Fsp3) is 1.00. The molecule has 0 amide bonds. The zero-order valence-electron chi connectivity index (χ0n) is 8.91. The van der Waals surface area contributed by atoms with E-state index in [9.17, 15) is 8.42 Å². The Kier molecular flexibility index (Phi) is 5.52. The Hall–Kier alpha value is 0.350. The van der Waals surface area contributed by atoms with Crippen LogP contribution in [0.5, 0.6) is 0 Å². The molecule has 6 heteroatoms. The molecule has 0 bridgehead atoms. The second-order valence-electron chi connectivity index (χ2n) is 3.79. The Balaban J connectivity index is 2.43. The first-order chi connectivity index (χ1) is 7.07. The summed E-state index contributed by atoms with van der Waals surface area (Å²) in [5.74, 6) is 0.0938. The minimum absolute atomic E-state index is 0.0172. The van der Waals surface area contributed by atoms with E-state index in [1.807, 2.05) is 6.92 Å². The topological polar surface area (TPSA) is 55.4 Å². The number of halogens is 1. The third-order valence-corrected chi connectivity index (χ3v) is 4.74. The van der Waals surface area contributed by atoms with Crippen molar-refractivity contribution in [3.63, 3.8) is 0 Å². The number of hydrogen-bond donors (Lipinski definition) is 1. The fourth-order valence-corrected chi connectivity index (χ4v) is 3.99. The van der Waals surface area contributed by atoms with Gasteiger partial charge in [-0.25, -0.2) is 13.1 Å². The van der Waals surface area contributed by atoms with Crippen LogP contribution in [0.25, 0.3) is 0 Å². The molecule has 0 aromatic carbocycles. The van der Waals surface area contributed by atoms with Crippen molar-refractivity contribution in [2.24, 2.45) is 0 Å². The summed E-state index contributed by atoms with van der Waals surface area (Å²) in [5.41, 5.74) is 0. The van der Waals surface area contributed by atoms with Crippen LogP contribution in [0.1, 0.15) is 26.2 Å². The van der Waals surface area contributed by atoms with Crippen LogP contribution in [0.3, 0.4) is 0 Å². The lowest BCUT2D eigenvalue weighted by Crippen LogP contribution is -2.39. The SMILES string of the molecule is CCC(CBr)NS(=O)(=O)CC1CCCO1. The number of hydrogen-bond acceptors (Lipinski definition) is 3. The molecule has 0 saturated carbocycles. The first-order valence-corrected chi connectivity index (χ1v) is 8.02. The van der Waals surface area contributed by atoms with Crippen LogP contribution >= 0.6 is 15.9 Å². The van der Waals surface area contributed by atoms with Crippen molar-refractivity contribution in [1.29, 1.82) is 0 Å². The summed E-state index contributed by atoms with van der Waals surface area (Å²) >= 11 is 3.28. The summed E-state index contributed by atoms with van der Waals surface area (Å²) in [7, 11) is -3.19. The standard InChI is InChI=1S/C9H18BrNO3S/c1-2-8(6-10)11-15(12,13)7-9-4-3-5-14-9/h8-9,11H,2-7H2,1H3. The molecule has 0 aliphatic carbocycles. The Bertz CT molecular complexity index is 261. The number of rotatable bonds is 6. The third-order valence-electron chi connectivity index (χ3n) is 2.45. The van der Waals surface area contributed by atoms with Crippen LogP contribution in [0.4, 0.5) is 0 Å². The molecule has 1 aliphatic heterocycles. The molecule has 1 aliphatic rings. The fourth-order valence-electron chi connectivity index (χ4n) is 1.55. The number of nitrogens with one attached hydrogen (secondary N) is 1. The van der Waals surface area contributed by atoms with Gasteiger partial charge in [0, 0.05) is 18.0 Å². The van der Waals surface area contributed by atoms with Gasteiger partial charge in [-0.2, -0.15) is 0 Å². The lowest BCUT2D eigenvalue weighted by molar-refractivity contribution is 0.127. The van der Waals surface area contributed by atoms with E-state index in [0.717, 1.165) is 19.3 Å². The molecule has 15 heavy (non-hydrogen) atoms. The van der Waals surface area contributed by atoms with E-state index in [0.29, 0.717) is 11.9 Å². The van der Waals surface area contributed by atoms with Gasteiger partial charge in [-0.1, -0.05) is 22.9 Å². The minimum atomic E-state index is -3.19. The maximum Gasteiger partial charge on any atom is 0.214 e. The maximum atomic E-state index is 11.7. The average molecular weight is 300 g/mol.